The Bertz CT molecular complexity index is 60.2. The molecule has 0 aliphatic heterocycles. The Morgan fingerprint density at radius 3 is 2.67 bits per heavy atom. The highest BCUT2D eigenvalue weighted by Gasteiger charge is 1.99. The van der Waals surface area contributed by atoms with E-state index in [4.69, 9.17) is 14.9 Å². The van der Waals surface area contributed by atoms with Crippen molar-refractivity contribution in [2.24, 2.45) is 0 Å². The monoisotopic (exact) mass is 151 g/mol. The Balaban J connectivity index is 2.88. The summed E-state index contributed by atoms with van der Waals surface area (Å²) in [7, 11) is 0. The maximum atomic E-state index is 8.68. The molecule has 9 heavy (non-hydrogen) atoms. The second-order valence-electron chi connectivity index (χ2n) is 1.62. The van der Waals surface area contributed by atoms with Gasteiger partial charge in [-0.25, -0.2) is 0 Å². The number of aliphatic hydroxyl groups is 2. The molecule has 1 atom stereocenters. The van der Waals surface area contributed by atoms with Gasteiger partial charge in [0.15, 0.2) is 0 Å². The molecular weight excluding hydrogens is 140 g/mol. The predicted octanol–water partition coefficient (Wildman–Crippen LogP) is -0.446. The summed E-state index contributed by atoms with van der Waals surface area (Å²) >= 11 is 4.57. The van der Waals surface area contributed by atoms with E-state index in [0.717, 1.165) is 0 Å². The first-order valence-corrected chi connectivity index (χ1v) is 3.33. The van der Waals surface area contributed by atoms with Crippen molar-refractivity contribution in [1.29, 1.82) is 0 Å². The fourth-order valence-electron chi connectivity index (χ4n) is 0.331. The lowest BCUT2D eigenvalue weighted by atomic mass is 10.4. The van der Waals surface area contributed by atoms with E-state index in [9.17, 15) is 0 Å². The van der Waals surface area contributed by atoms with Crippen LogP contribution in [0.25, 0.3) is 0 Å². The standard InChI is InChI=1S/C5H11O3S/c6-3-5(7)4-8-1-2-9/h5-7H,1-4H2. The van der Waals surface area contributed by atoms with E-state index in [1.807, 2.05) is 0 Å². The third-order valence-electron chi connectivity index (χ3n) is 0.749. The second kappa shape index (κ2) is 6.35. The fraction of sp³-hybridized carbons (Fsp3) is 1.00. The Labute approximate surface area is 60.1 Å². The van der Waals surface area contributed by atoms with Crippen LogP contribution in [0.15, 0.2) is 0 Å². The molecule has 1 unspecified atom stereocenters. The van der Waals surface area contributed by atoms with Crippen LogP contribution in [0, 0.1) is 0 Å². The number of ether oxygens (including phenoxy) is 1. The van der Waals surface area contributed by atoms with Crippen molar-refractivity contribution in [2.75, 3.05) is 25.6 Å². The van der Waals surface area contributed by atoms with Gasteiger partial charge in [0.25, 0.3) is 0 Å². The summed E-state index contributed by atoms with van der Waals surface area (Å²) in [6.45, 7) is 0.386. The quantitative estimate of drug-likeness (QED) is 0.523. The lowest BCUT2D eigenvalue weighted by Crippen LogP contribution is -2.19. The highest BCUT2D eigenvalue weighted by molar-refractivity contribution is 7.80. The molecule has 0 aromatic carbocycles. The normalized spacial score (nSPS) is 13.7. The Kier molecular flexibility index (Phi) is 6.51. The molecule has 0 bridgehead atoms. The molecule has 0 aromatic rings. The molecule has 4 heteroatoms. The highest BCUT2D eigenvalue weighted by Crippen LogP contribution is 1.83. The zero-order valence-corrected chi connectivity index (χ0v) is 5.93. The summed E-state index contributed by atoms with van der Waals surface area (Å²) in [5, 5.41) is 17.0. The molecule has 0 saturated carbocycles. The average Bonchev–Trinajstić information content (AvgIpc) is 1.89. The van der Waals surface area contributed by atoms with E-state index in [-0.39, 0.29) is 13.2 Å². The first kappa shape index (κ1) is 9.23. The average molecular weight is 151 g/mol. The van der Waals surface area contributed by atoms with Gasteiger partial charge in [-0.05, 0) is 0 Å². The van der Waals surface area contributed by atoms with Gasteiger partial charge in [0.2, 0.25) is 0 Å². The highest BCUT2D eigenvalue weighted by atomic mass is 32.1. The van der Waals surface area contributed by atoms with E-state index in [0.29, 0.717) is 12.4 Å². The van der Waals surface area contributed by atoms with Crippen molar-refractivity contribution < 1.29 is 14.9 Å². The number of rotatable bonds is 5. The molecule has 55 valence electrons. The summed E-state index contributed by atoms with van der Waals surface area (Å²) in [5.74, 6) is 0.526. The third kappa shape index (κ3) is 6.11. The van der Waals surface area contributed by atoms with Gasteiger partial charge in [0.1, 0.15) is 6.10 Å². The molecule has 0 aliphatic rings. The Hall–Kier alpha value is 0.230. The van der Waals surface area contributed by atoms with E-state index < -0.39 is 6.10 Å². The van der Waals surface area contributed by atoms with Gasteiger partial charge >= 0.3 is 0 Å². The predicted molar refractivity (Wildman–Crippen MR) is 36.4 cm³/mol. The van der Waals surface area contributed by atoms with E-state index in [1.54, 1.807) is 0 Å². The number of hydrogen-bond donors (Lipinski definition) is 2. The lowest BCUT2D eigenvalue weighted by Gasteiger charge is -2.05. The maximum absolute atomic E-state index is 8.68. The minimum Gasteiger partial charge on any atom is -0.394 e. The lowest BCUT2D eigenvalue weighted by molar-refractivity contribution is 0.0112. The fourth-order valence-corrected chi connectivity index (χ4v) is 0.449. The molecule has 3 nitrogen and oxygen atoms in total. The molecule has 1 radical (unpaired) electrons. The van der Waals surface area contributed by atoms with Crippen LogP contribution in [0.1, 0.15) is 0 Å². The summed E-state index contributed by atoms with van der Waals surface area (Å²) in [6.07, 6.45) is -0.758. The second-order valence-corrected chi connectivity index (χ2v) is 2.02. The van der Waals surface area contributed by atoms with Crippen molar-refractivity contribution in [3.8, 4) is 0 Å². The van der Waals surface area contributed by atoms with Gasteiger partial charge in [-0.1, -0.05) is 12.6 Å². The van der Waals surface area contributed by atoms with Gasteiger partial charge in [-0.2, -0.15) is 0 Å². The van der Waals surface area contributed by atoms with Crippen LogP contribution >= 0.6 is 12.6 Å². The van der Waals surface area contributed by atoms with E-state index >= 15 is 0 Å². The van der Waals surface area contributed by atoms with Crippen LogP contribution in [0.2, 0.25) is 0 Å². The van der Waals surface area contributed by atoms with Crippen molar-refractivity contribution in [3.05, 3.63) is 0 Å². The molecule has 0 saturated heterocycles. The zero-order valence-electron chi connectivity index (χ0n) is 5.12. The molecule has 0 aromatic heterocycles. The molecule has 0 aliphatic carbocycles. The van der Waals surface area contributed by atoms with Crippen LogP contribution < -0.4 is 0 Å². The van der Waals surface area contributed by atoms with Gasteiger partial charge < -0.3 is 14.9 Å². The first-order valence-electron chi connectivity index (χ1n) is 2.76. The Morgan fingerprint density at radius 2 is 2.22 bits per heavy atom. The molecule has 2 N–H and O–H groups in total. The third-order valence-corrected chi connectivity index (χ3v) is 0.915. The minimum atomic E-state index is -0.758. The molecule has 0 fully saturated rings. The van der Waals surface area contributed by atoms with Gasteiger partial charge in [-0.3, -0.25) is 0 Å². The summed E-state index contributed by atoms with van der Waals surface area (Å²) in [5.41, 5.74) is 0. The molecule has 0 spiro atoms. The summed E-state index contributed by atoms with van der Waals surface area (Å²) < 4.78 is 4.82. The van der Waals surface area contributed by atoms with Crippen LogP contribution in [0.5, 0.6) is 0 Å². The summed E-state index contributed by atoms with van der Waals surface area (Å²) in [4.78, 5) is 0. The van der Waals surface area contributed by atoms with Crippen LogP contribution in [0.4, 0.5) is 0 Å². The SMILES string of the molecule is OCC(O)COCC[S]. The minimum absolute atomic E-state index is 0.174. The maximum Gasteiger partial charge on any atom is 0.100 e. The molecule has 0 amide bonds. The largest absolute Gasteiger partial charge is 0.394 e. The van der Waals surface area contributed by atoms with Crippen molar-refractivity contribution in [2.45, 2.75) is 6.10 Å². The van der Waals surface area contributed by atoms with Gasteiger partial charge in [-0.15, -0.1) is 0 Å². The number of hydrogen-bond acceptors (Lipinski definition) is 3. The van der Waals surface area contributed by atoms with Gasteiger partial charge in [0.05, 0.1) is 19.8 Å². The van der Waals surface area contributed by atoms with Crippen molar-refractivity contribution >= 4 is 12.6 Å². The smallest absolute Gasteiger partial charge is 0.100 e. The molecular formula is C5H11O3S. The Morgan fingerprint density at radius 1 is 1.56 bits per heavy atom. The first-order chi connectivity index (χ1) is 4.31. The molecule has 0 rings (SSSR count). The van der Waals surface area contributed by atoms with Crippen molar-refractivity contribution in [1.82, 2.24) is 0 Å². The number of aliphatic hydroxyl groups excluding tert-OH is 2. The van der Waals surface area contributed by atoms with E-state index in [1.165, 1.54) is 0 Å². The van der Waals surface area contributed by atoms with E-state index in [2.05, 4.69) is 12.6 Å². The van der Waals surface area contributed by atoms with Gasteiger partial charge in [0, 0.05) is 5.75 Å². The van der Waals surface area contributed by atoms with Crippen LogP contribution in [0.3, 0.4) is 0 Å². The van der Waals surface area contributed by atoms with Crippen LogP contribution in [-0.2, 0) is 4.74 Å². The molecule has 0 heterocycles. The zero-order chi connectivity index (χ0) is 7.11. The summed E-state index contributed by atoms with van der Waals surface area (Å²) in [6, 6.07) is 0. The van der Waals surface area contributed by atoms with Crippen molar-refractivity contribution in [3.63, 3.8) is 0 Å². The van der Waals surface area contributed by atoms with Crippen LogP contribution in [-0.4, -0.2) is 41.9 Å². The topological polar surface area (TPSA) is 49.7 Å².